The first-order chi connectivity index (χ1) is 9.63. The molecule has 0 spiro atoms. The van der Waals surface area contributed by atoms with E-state index in [9.17, 15) is 9.90 Å². The summed E-state index contributed by atoms with van der Waals surface area (Å²) in [5.74, 6) is -0.737. The molecule has 0 bridgehead atoms. The molecule has 1 aliphatic heterocycles. The number of carboxylic acids is 1. The summed E-state index contributed by atoms with van der Waals surface area (Å²) in [7, 11) is 0. The van der Waals surface area contributed by atoms with Crippen LogP contribution in [0.4, 0.5) is 0 Å². The molecular formula is C17H21NO2. The highest BCUT2D eigenvalue weighted by atomic mass is 16.4. The van der Waals surface area contributed by atoms with Gasteiger partial charge in [0.2, 0.25) is 0 Å². The minimum Gasteiger partial charge on any atom is -0.481 e. The normalized spacial score (nSPS) is 29.9. The molecule has 106 valence electrons. The molecule has 0 amide bonds. The third-order valence-electron chi connectivity index (χ3n) is 4.68. The van der Waals surface area contributed by atoms with Gasteiger partial charge in [-0.2, -0.15) is 0 Å². The number of aliphatic carboxylic acids is 1. The first kappa shape index (κ1) is 13.4. The maximum Gasteiger partial charge on any atom is 0.315 e. The topological polar surface area (TPSA) is 40.5 Å². The summed E-state index contributed by atoms with van der Waals surface area (Å²) in [5.41, 5.74) is 1.47. The Morgan fingerprint density at radius 3 is 2.65 bits per heavy atom. The standard InChI is InChI=1S/C17H21NO2/c1-17(16(19)20)10-9-13-7-3-4-8-14(13)15(17)18-11-5-2-6-12-18/h3-4,7-10,15H,2,5-6,11-12H2,1H3,(H,19,20)/t15-,17+/m0/s1. The van der Waals surface area contributed by atoms with E-state index in [0.29, 0.717) is 0 Å². The maximum absolute atomic E-state index is 11.9. The number of carbonyl (C=O) groups is 1. The Bertz CT molecular complexity index is 546. The lowest BCUT2D eigenvalue weighted by Crippen LogP contribution is -2.46. The number of hydrogen-bond donors (Lipinski definition) is 1. The fourth-order valence-corrected chi connectivity index (χ4v) is 3.53. The molecule has 3 nitrogen and oxygen atoms in total. The van der Waals surface area contributed by atoms with Gasteiger partial charge < -0.3 is 5.11 Å². The largest absolute Gasteiger partial charge is 0.481 e. The Labute approximate surface area is 119 Å². The molecule has 2 aliphatic rings. The van der Waals surface area contributed by atoms with Crippen molar-refractivity contribution in [1.82, 2.24) is 4.90 Å². The second-order valence-electron chi connectivity index (χ2n) is 6.05. The molecule has 1 fully saturated rings. The van der Waals surface area contributed by atoms with Crippen molar-refractivity contribution in [1.29, 1.82) is 0 Å². The van der Waals surface area contributed by atoms with E-state index in [4.69, 9.17) is 0 Å². The summed E-state index contributed by atoms with van der Waals surface area (Å²) in [6.45, 7) is 3.84. The van der Waals surface area contributed by atoms with Crippen molar-refractivity contribution in [2.75, 3.05) is 13.1 Å². The van der Waals surface area contributed by atoms with Crippen LogP contribution in [0.5, 0.6) is 0 Å². The van der Waals surface area contributed by atoms with Crippen molar-refractivity contribution < 1.29 is 9.90 Å². The van der Waals surface area contributed by atoms with Gasteiger partial charge in [-0.15, -0.1) is 0 Å². The zero-order valence-corrected chi connectivity index (χ0v) is 11.9. The number of piperidine rings is 1. The molecule has 1 aromatic rings. The van der Waals surface area contributed by atoms with Crippen molar-refractivity contribution in [3.05, 3.63) is 41.5 Å². The van der Waals surface area contributed by atoms with Crippen molar-refractivity contribution in [3.63, 3.8) is 0 Å². The number of hydrogen-bond acceptors (Lipinski definition) is 2. The highest BCUT2D eigenvalue weighted by molar-refractivity contribution is 5.82. The Morgan fingerprint density at radius 2 is 1.95 bits per heavy atom. The monoisotopic (exact) mass is 271 g/mol. The summed E-state index contributed by atoms with van der Waals surface area (Å²) in [6.07, 6.45) is 7.42. The first-order valence-electron chi connectivity index (χ1n) is 7.38. The molecule has 2 atom stereocenters. The van der Waals surface area contributed by atoms with Crippen molar-refractivity contribution in [2.45, 2.75) is 32.2 Å². The Morgan fingerprint density at radius 1 is 1.25 bits per heavy atom. The fraction of sp³-hybridized carbons (Fsp3) is 0.471. The lowest BCUT2D eigenvalue weighted by atomic mass is 9.72. The number of benzene rings is 1. The molecule has 0 saturated carbocycles. The van der Waals surface area contributed by atoms with Crippen LogP contribution in [0.15, 0.2) is 30.3 Å². The van der Waals surface area contributed by atoms with E-state index in [2.05, 4.69) is 17.0 Å². The van der Waals surface area contributed by atoms with Crippen LogP contribution in [0, 0.1) is 5.41 Å². The molecule has 1 saturated heterocycles. The number of rotatable bonds is 2. The van der Waals surface area contributed by atoms with Crippen molar-refractivity contribution in [2.24, 2.45) is 5.41 Å². The summed E-state index contributed by atoms with van der Waals surface area (Å²) in [5, 5.41) is 9.75. The van der Waals surface area contributed by atoms with Crippen LogP contribution < -0.4 is 0 Å². The van der Waals surface area contributed by atoms with Gasteiger partial charge in [0.1, 0.15) is 5.41 Å². The van der Waals surface area contributed by atoms with E-state index in [-0.39, 0.29) is 6.04 Å². The summed E-state index contributed by atoms with van der Waals surface area (Å²) >= 11 is 0. The Balaban J connectivity index is 2.08. The van der Waals surface area contributed by atoms with E-state index in [1.807, 2.05) is 31.2 Å². The second-order valence-corrected chi connectivity index (χ2v) is 6.05. The average Bonchev–Trinajstić information content (AvgIpc) is 2.48. The van der Waals surface area contributed by atoms with E-state index in [0.717, 1.165) is 37.1 Å². The molecule has 3 heteroatoms. The number of likely N-dealkylation sites (tertiary alicyclic amines) is 1. The van der Waals surface area contributed by atoms with Gasteiger partial charge in [0.25, 0.3) is 0 Å². The summed E-state index contributed by atoms with van der Waals surface area (Å²) in [6, 6.07) is 8.13. The number of fused-ring (bicyclic) bond motifs is 1. The highest BCUT2D eigenvalue weighted by Crippen LogP contribution is 2.46. The predicted molar refractivity (Wildman–Crippen MR) is 79.4 cm³/mol. The molecule has 1 N–H and O–H groups in total. The number of carboxylic acid groups (broad SMARTS) is 1. The van der Waals surface area contributed by atoms with E-state index >= 15 is 0 Å². The van der Waals surface area contributed by atoms with Gasteiger partial charge in [-0.05, 0) is 44.0 Å². The van der Waals surface area contributed by atoms with Crippen LogP contribution >= 0.6 is 0 Å². The molecule has 1 aliphatic carbocycles. The zero-order valence-electron chi connectivity index (χ0n) is 11.9. The molecule has 1 aromatic carbocycles. The van der Waals surface area contributed by atoms with Crippen LogP contribution in [-0.2, 0) is 4.79 Å². The lowest BCUT2D eigenvalue weighted by molar-refractivity contribution is -0.149. The predicted octanol–water partition coefficient (Wildman–Crippen LogP) is 3.33. The molecule has 0 unspecified atom stereocenters. The fourth-order valence-electron chi connectivity index (χ4n) is 3.53. The smallest absolute Gasteiger partial charge is 0.315 e. The van der Waals surface area contributed by atoms with Crippen LogP contribution in [0.25, 0.3) is 6.08 Å². The summed E-state index contributed by atoms with van der Waals surface area (Å²) in [4.78, 5) is 14.2. The molecule has 20 heavy (non-hydrogen) atoms. The van der Waals surface area contributed by atoms with E-state index in [1.54, 1.807) is 0 Å². The quantitative estimate of drug-likeness (QED) is 0.897. The third-order valence-corrected chi connectivity index (χ3v) is 4.68. The van der Waals surface area contributed by atoms with Crippen molar-refractivity contribution in [3.8, 4) is 0 Å². The number of nitrogens with zero attached hydrogens (tertiary/aromatic N) is 1. The van der Waals surface area contributed by atoms with Gasteiger partial charge in [0.05, 0.1) is 6.04 Å². The van der Waals surface area contributed by atoms with Gasteiger partial charge in [-0.3, -0.25) is 9.69 Å². The third kappa shape index (κ3) is 2.06. The van der Waals surface area contributed by atoms with Crippen LogP contribution in [-0.4, -0.2) is 29.1 Å². The van der Waals surface area contributed by atoms with Gasteiger partial charge >= 0.3 is 5.97 Å². The zero-order chi connectivity index (χ0) is 14.2. The molecule has 1 heterocycles. The molecule has 0 radical (unpaired) electrons. The lowest BCUT2D eigenvalue weighted by Gasteiger charge is -2.44. The first-order valence-corrected chi connectivity index (χ1v) is 7.38. The molecular weight excluding hydrogens is 250 g/mol. The maximum atomic E-state index is 11.9. The SMILES string of the molecule is C[C@@]1(C(=O)O)C=Cc2ccccc2[C@@H]1N1CCCCC1. The second kappa shape index (κ2) is 5.06. The van der Waals surface area contributed by atoms with Gasteiger partial charge in [0.15, 0.2) is 0 Å². The molecule has 0 aromatic heterocycles. The van der Waals surface area contributed by atoms with Crippen LogP contribution in [0.3, 0.4) is 0 Å². The Hall–Kier alpha value is -1.61. The average molecular weight is 271 g/mol. The van der Waals surface area contributed by atoms with Gasteiger partial charge in [0, 0.05) is 0 Å². The van der Waals surface area contributed by atoms with E-state index < -0.39 is 11.4 Å². The highest BCUT2D eigenvalue weighted by Gasteiger charge is 2.45. The van der Waals surface area contributed by atoms with E-state index in [1.165, 1.54) is 6.42 Å². The van der Waals surface area contributed by atoms with Crippen molar-refractivity contribution >= 4 is 12.0 Å². The van der Waals surface area contributed by atoms with Gasteiger partial charge in [-0.25, -0.2) is 0 Å². The summed E-state index contributed by atoms with van der Waals surface area (Å²) < 4.78 is 0. The van der Waals surface area contributed by atoms with Gasteiger partial charge in [-0.1, -0.05) is 42.8 Å². The molecule has 3 rings (SSSR count). The minimum atomic E-state index is -0.842. The van der Waals surface area contributed by atoms with Crippen LogP contribution in [0.1, 0.15) is 43.4 Å². The van der Waals surface area contributed by atoms with Crippen LogP contribution in [0.2, 0.25) is 0 Å². The minimum absolute atomic E-state index is 0.0542. The Kier molecular flexibility index (Phi) is 3.38.